The van der Waals surface area contributed by atoms with E-state index in [2.05, 4.69) is 14.6 Å². The molecule has 0 N–H and O–H groups in total. The van der Waals surface area contributed by atoms with Crippen molar-refractivity contribution in [1.29, 1.82) is 5.26 Å². The second kappa shape index (κ2) is 10.6. The number of halogens is 8. The van der Waals surface area contributed by atoms with Crippen LogP contribution in [0, 0.1) is 11.3 Å². The topological polar surface area (TPSA) is 132 Å². The molecule has 0 aliphatic rings. The van der Waals surface area contributed by atoms with E-state index in [0.29, 0.717) is 0 Å². The van der Waals surface area contributed by atoms with Crippen LogP contribution in [0.3, 0.4) is 0 Å². The van der Waals surface area contributed by atoms with E-state index in [1.54, 1.807) is 0 Å². The first-order chi connectivity index (χ1) is 16.9. The van der Waals surface area contributed by atoms with Gasteiger partial charge < -0.3 is 9.47 Å². The number of hydrogen-bond donors (Lipinski definition) is 0. The van der Waals surface area contributed by atoms with Gasteiger partial charge in [-0.15, -0.1) is 0 Å². The molecular weight excluding hydrogens is 585 g/mol. The number of aromatic nitrogens is 2. The second-order valence-electron chi connectivity index (χ2n) is 6.49. The maximum absolute atomic E-state index is 13.6. The van der Waals surface area contributed by atoms with E-state index in [0.717, 1.165) is 6.07 Å². The third-order valence-corrected chi connectivity index (χ3v) is 6.27. The third-order valence-electron chi connectivity index (χ3n) is 4.17. The molecule has 0 spiro atoms. The molecule has 0 bridgehead atoms. The Morgan fingerprint density at radius 2 is 1.51 bits per heavy atom. The molecule has 10 nitrogen and oxygen atoms in total. The minimum Gasteiger partial charge on any atom is -0.449 e. The first kappa shape index (κ1) is 30.0. The molecule has 0 fully saturated rings. The summed E-state index contributed by atoms with van der Waals surface area (Å²) < 4.78 is 114. The highest BCUT2D eigenvalue weighted by molar-refractivity contribution is 7.92. The second-order valence-corrected chi connectivity index (χ2v) is 9.19. The molecule has 2 aromatic rings. The van der Waals surface area contributed by atoms with Gasteiger partial charge >= 0.3 is 23.9 Å². The smallest absolute Gasteiger partial charge is 0.449 e. The van der Waals surface area contributed by atoms with Crippen LogP contribution in [0.25, 0.3) is 5.69 Å². The molecule has 1 heterocycles. The lowest BCUT2D eigenvalue weighted by atomic mass is 10.2. The maximum Gasteiger partial charge on any atom is 0.502 e. The number of rotatable bonds is 5. The maximum atomic E-state index is 13.6. The van der Waals surface area contributed by atoms with Gasteiger partial charge in [0.2, 0.25) is 0 Å². The van der Waals surface area contributed by atoms with E-state index in [1.165, 1.54) is 13.8 Å². The lowest BCUT2D eigenvalue weighted by Crippen LogP contribution is -2.40. The standard InChI is InChI=1S/C18H12Cl2F6N4O6S/c1-3-35-15(31)29(16(32)36-4-2)14-13(37(33,34)18(24,25)26)11(7-27)28-30(14)12-9(19)5-8(6-10(12)20)17(21,22)23/h5-6H,3-4H2,1-2H3. The fraction of sp³-hybridized carbons (Fsp3) is 0.333. The van der Waals surface area contributed by atoms with E-state index >= 15 is 0 Å². The first-order valence-electron chi connectivity index (χ1n) is 9.48. The van der Waals surface area contributed by atoms with Crippen LogP contribution in [0.5, 0.6) is 0 Å². The van der Waals surface area contributed by atoms with E-state index in [4.69, 9.17) is 23.2 Å². The van der Waals surface area contributed by atoms with E-state index in [9.17, 15) is 49.6 Å². The van der Waals surface area contributed by atoms with Crippen molar-refractivity contribution in [2.24, 2.45) is 0 Å². The number of ether oxygens (including phenoxy) is 2. The first-order valence-corrected chi connectivity index (χ1v) is 11.7. The van der Waals surface area contributed by atoms with Gasteiger partial charge in [0.1, 0.15) is 11.8 Å². The summed E-state index contributed by atoms with van der Waals surface area (Å²) in [6.45, 7) is 1.46. The highest BCUT2D eigenvalue weighted by Gasteiger charge is 2.53. The van der Waals surface area contributed by atoms with Crippen LogP contribution < -0.4 is 4.90 Å². The van der Waals surface area contributed by atoms with Crippen molar-refractivity contribution >= 4 is 51.0 Å². The molecule has 0 aliphatic heterocycles. The van der Waals surface area contributed by atoms with Gasteiger partial charge in [-0.05, 0) is 26.0 Å². The van der Waals surface area contributed by atoms with Crippen molar-refractivity contribution in [3.05, 3.63) is 33.4 Å². The molecular formula is C18H12Cl2F6N4O6S. The minimum absolute atomic E-state index is 0.0236. The Bertz CT molecular complexity index is 1340. The molecule has 2 amide bonds. The van der Waals surface area contributed by atoms with Crippen molar-refractivity contribution < 1.29 is 53.8 Å². The number of carbonyl (C=O) groups excluding carboxylic acids is 2. The van der Waals surface area contributed by atoms with Gasteiger partial charge in [0, 0.05) is 0 Å². The van der Waals surface area contributed by atoms with Crippen LogP contribution in [0.2, 0.25) is 10.0 Å². The van der Waals surface area contributed by atoms with E-state index < -0.39 is 84.6 Å². The molecule has 1 aromatic carbocycles. The van der Waals surface area contributed by atoms with Crippen LogP contribution in [0.4, 0.5) is 41.7 Å². The average Bonchev–Trinajstić information content (AvgIpc) is 3.11. The van der Waals surface area contributed by atoms with Crippen LogP contribution >= 0.6 is 23.2 Å². The lowest BCUT2D eigenvalue weighted by Gasteiger charge is -2.22. The number of sulfone groups is 1. The largest absolute Gasteiger partial charge is 0.502 e. The lowest BCUT2D eigenvalue weighted by molar-refractivity contribution is -0.137. The molecule has 19 heteroatoms. The third kappa shape index (κ3) is 5.70. The molecule has 37 heavy (non-hydrogen) atoms. The van der Waals surface area contributed by atoms with Gasteiger partial charge in [0.25, 0.3) is 9.84 Å². The molecule has 0 saturated carbocycles. The normalized spacial score (nSPS) is 12.1. The summed E-state index contributed by atoms with van der Waals surface area (Å²) >= 11 is 11.8. The number of imide groups is 1. The molecule has 1 aromatic heterocycles. The van der Waals surface area contributed by atoms with Gasteiger partial charge in [-0.1, -0.05) is 23.2 Å². The van der Waals surface area contributed by atoms with Crippen LogP contribution in [-0.2, 0) is 25.5 Å². The molecule has 202 valence electrons. The summed E-state index contributed by atoms with van der Waals surface area (Å²) in [5.41, 5.74) is -9.96. The number of anilines is 1. The van der Waals surface area contributed by atoms with Crippen molar-refractivity contribution in [2.75, 3.05) is 18.1 Å². The highest BCUT2D eigenvalue weighted by atomic mass is 35.5. The van der Waals surface area contributed by atoms with Crippen molar-refractivity contribution in [1.82, 2.24) is 9.78 Å². The molecule has 0 saturated heterocycles. The van der Waals surface area contributed by atoms with Gasteiger partial charge in [-0.2, -0.15) is 41.6 Å². The Morgan fingerprint density at radius 3 is 1.86 bits per heavy atom. The fourth-order valence-electron chi connectivity index (χ4n) is 2.74. The van der Waals surface area contributed by atoms with Gasteiger partial charge in [0.05, 0.1) is 28.8 Å². The SMILES string of the molecule is CCOC(=O)N(C(=O)OCC)c1c(S(=O)(=O)C(F)(F)F)c(C#N)nn1-c1c(Cl)cc(C(F)(F)F)cc1Cl. The number of nitriles is 1. The summed E-state index contributed by atoms with van der Waals surface area (Å²) in [6, 6.07) is 1.59. The quantitative estimate of drug-likeness (QED) is 0.414. The molecule has 0 atom stereocenters. The van der Waals surface area contributed by atoms with Crippen LogP contribution in [0.15, 0.2) is 17.0 Å². The molecule has 2 rings (SSSR count). The summed E-state index contributed by atoms with van der Waals surface area (Å²) in [6.07, 6.45) is -8.57. The zero-order valence-electron chi connectivity index (χ0n) is 18.2. The Morgan fingerprint density at radius 1 is 1.05 bits per heavy atom. The van der Waals surface area contributed by atoms with Gasteiger partial charge in [-0.25, -0.2) is 22.7 Å². The van der Waals surface area contributed by atoms with Gasteiger partial charge in [0.15, 0.2) is 16.4 Å². The number of alkyl halides is 6. The minimum atomic E-state index is -6.57. The van der Waals surface area contributed by atoms with E-state index in [1.807, 2.05) is 0 Å². The Balaban J connectivity index is 3.17. The summed E-state index contributed by atoms with van der Waals surface area (Å²) in [7, 11) is -6.57. The predicted octanol–water partition coefficient (Wildman–Crippen LogP) is 5.48. The van der Waals surface area contributed by atoms with Crippen LogP contribution in [0.1, 0.15) is 25.1 Å². The highest BCUT2D eigenvalue weighted by Crippen LogP contribution is 2.43. The van der Waals surface area contributed by atoms with Crippen molar-refractivity contribution in [2.45, 2.75) is 30.4 Å². The Hall–Kier alpha value is -3.23. The number of hydrogen-bond acceptors (Lipinski definition) is 8. The number of carbonyl (C=O) groups is 2. The zero-order valence-corrected chi connectivity index (χ0v) is 20.6. The van der Waals surface area contributed by atoms with Crippen LogP contribution in [-0.4, -0.2) is 49.1 Å². The summed E-state index contributed by atoms with van der Waals surface area (Å²) in [5, 5.41) is 10.8. The number of nitrogens with zero attached hydrogens (tertiary/aromatic N) is 4. The average molecular weight is 597 g/mol. The Kier molecular flexibility index (Phi) is 8.62. The molecule has 0 unspecified atom stereocenters. The molecule has 0 aliphatic carbocycles. The van der Waals surface area contributed by atoms with Crippen molar-refractivity contribution in [3.8, 4) is 11.8 Å². The summed E-state index contributed by atoms with van der Waals surface area (Å²) in [5.74, 6) is -1.60. The van der Waals surface area contributed by atoms with E-state index in [-0.39, 0.29) is 21.7 Å². The summed E-state index contributed by atoms with van der Waals surface area (Å²) in [4.78, 5) is 22.9. The fourth-order valence-corrected chi connectivity index (χ4v) is 4.38. The predicted molar refractivity (Wildman–Crippen MR) is 113 cm³/mol. The molecule has 0 radical (unpaired) electrons. The monoisotopic (exact) mass is 596 g/mol. The zero-order chi connectivity index (χ0) is 28.5. The van der Waals surface area contributed by atoms with Crippen molar-refractivity contribution in [3.63, 3.8) is 0 Å². The van der Waals surface area contributed by atoms with Gasteiger partial charge in [-0.3, -0.25) is 0 Å². The number of benzene rings is 1. The Labute approximate surface area is 213 Å². The number of amides is 2.